The van der Waals surface area contributed by atoms with Crippen LogP contribution in [0, 0.1) is 0 Å². The molecule has 0 N–H and O–H groups in total. The second-order valence-electron chi connectivity index (χ2n) is 6.60. The van der Waals surface area contributed by atoms with E-state index in [9.17, 15) is 0 Å². The normalized spacial score (nSPS) is 11.0. The van der Waals surface area contributed by atoms with Gasteiger partial charge >= 0.3 is 0 Å². The highest BCUT2D eigenvalue weighted by Crippen LogP contribution is 2.20. The molecule has 8 heteroatoms. The van der Waals surface area contributed by atoms with Crippen LogP contribution in [0.2, 0.25) is 0 Å². The highest BCUT2D eigenvalue weighted by atomic mass is 32.2. The van der Waals surface area contributed by atoms with Gasteiger partial charge < -0.3 is 18.8 Å². The summed E-state index contributed by atoms with van der Waals surface area (Å²) in [4.78, 5) is 6.49. The minimum Gasteiger partial charge on any atom is -0.493 e. The summed E-state index contributed by atoms with van der Waals surface area (Å²) in [6.45, 7) is 2.29. The molecular weight excluding hydrogens is 388 g/mol. The third kappa shape index (κ3) is 7.40. The van der Waals surface area contributed by atoms with Crippen molar-refractivity contribution in [3.05, 3.63) is 54.6 Å². The fourth-order valence-corrected chi connectivity index (χ4v) is 3.11. The summed E-state index contributed by atoms with van der Waals surface area (Å²) < 4.78 is 17.1. The molecule has 0 saturated carbocycles. The van der Waals surface area contributed by atoms with Crippen LogP contribution < -0.4 is 9.47 Å². The van der Waals surface area contributed by atoms with Gasteiger partial charge in [-0.3, -0.25) is 0 Å². The summed E-state index contributed by atoms with van der Waals surface area (Å²) in [7, 11) is 4.10. The fraction of sp³-hybridized carbons (Fsp3) is 0.381. The monoisotopic (exact) mass is 414 g/mol. The van der Waals surface area contributed by atoms with Crippen LogP contribution in [0.25, 0.3) is 11.6 Å². The van der Waals surface area contributed by atoms with E-state index < -0.39 is 0 Å². The Labute approximate surface area is 175 Å². The SMILES string of the molecule is CN(C)CCCOc1ccc(-c2nnc(CSCCOc3ccccc3)o2)nc1. The van der Waals surface area contributed by atoms with E-state index in [4.69, 9.17) is 13.9 Å². The van der Waals surface area contributed by atoms with Crippen molar-refractivity contribution in [1.82, 2.24) is 20.1 Å². The number of hydrogen-bond acceptors (Lipinski definition) is 8. The number of rotatable bonds is 12. The Morgan fingerprint density at radius 3 is 2.55 bits per heavy atom. The molecule has 7 nitrogen and oxygen atoms in total. The first-order valence-corrected chi connectivity index (χ1v) is 10.7. The van der Waals surface area contributed by atoms with Gasteiger partial charge in [-0.1, -0.05) is 18.2 Å². The fourth-order valence-electron chi connectivity index (χ4n) is 2.47. The second kappa shape index (κ2) is 11.4. The molecule has 154 valence electrons. The predicted octanol–water partition coefficient (Wildman–Crippen LogP) is 3.77. The Bertz CT molecular complexity index is 841. The molecule has 29 heavy (non-hydrogen) atoms. The zero-order valence-corrected chi connectivity index (χ0v) is 17.6. The zero-order chi connectivity index (χ0) is 20.3. The molecule has 0 unspecified atom stereocenters. The molecule has 0 bridgehead atoms. The van der Waals surface area contributed by atoms with Crippen molar-refractivity contribution < 1.29 is 13.9 Å². The smallest absolute Gasteiger partial charge is 0.266 e. The molecule has 0 amide bonds. The lowest BCUT2D eigenvalue weighted by Gasteiger charge is -2.10. The number of benzene rings is 1. The van der Waals surface area contributed by atoms with Crippen LogP contribution in [0.3, 0.4) is 0 Å². The topological polar surface area (TPSA) is 73.5 Å². The Balaban J connectivity index is 1.38. The summed E-state index contributed by atoms with van der Waals surface area (Å²) in [6.07, 6.45) is 2.65. The van der Waals surface area contributed by atoms with Crippen LogP contribution in [-0.4, -0.2) is 59.7 Å². The molecule has 0 radical (unpaired) electrons. The molecule has 1 aromatic carbocycles. The largest absolute Gasteiger partial charge is 0.493 e. The molecule has 0 spiro atoms. The third-order valence-corrected chi connectivity index (χ3v) is 4.81. The van der Waals surface area contributed by atoms with Crippen LogP contribution >= 0.6 is 11.8 Å². The average molecular weight is 415 g/mol. The summed E-state index contributed by atoms with van der Waals surface area (Å²) in [5.41, 5.74) is 0.641. The van der Waals surface area contributed by atoms with Crippen molar-refractivity contribution in [2.45, 2.75) is 12.2 Å². The summed E-state index contributed by atoms with van der Waals surface area (Å²) in [5.74, 6) is 4.09. The number of nitrogens with zero attached hydrogens (tertiary/aromatic N) is 4. The number of thioether (sulfide) groups is 1. The van der Waals surface area contributed by atoms with E-state index in [-0.39, 0.29) is 0 Å². The molecule has 3 aromatic rings. The standard InChI is InChI=1S/C21H26N4O3S/c1-25(2)11-6-12-26-18-9-10-19(22-15-18)21-24-23-20(28-21)16-29-14-13-27-17-7-4-3-5-8-17/h3-5,7-10,15H,6,11-14,16H2,1-2H3. The van der Waals surface area contributed by atoms with Gasteiger partial charge in [0.1, 0.15) is 17.2 Å². The Morgan fingerprint density at radius 2 is 1.79 bits per heavy atom. The highest BCUT2D eigenvalue weighted by molar-refractivity contribution is 7.98. The summed E-state index contributed by atoms with van der Waals surface area (Å²) in [6, 6.07) is 13.5. The van der Waals surface area contributed by atoms with E-state index in [0.717, 1.165) is 30.2 Å². The van der Waals surface area contributed by atoms with Crippen LogP contribution in [-0.2, 0) is 5.75 Å². The highest BCUT2D eigenvalue weighted by Gasteiger charge is 2.10. The van der Waals surface area contributed by atoms with Crippen molar-refractivity contribution in [2.24, 2.45) is 0 Å². The lowest BCUT2D eigenvalue weighted by atomic mass is 10.3. The molecule has 0 fully saturated rings. The second-order valence-corrected chi connectivity index (χ2v) is 7.70. The van der Waals surface area contributed by atoms with Crippen molar-refractivity contribution in [3.8, 4) is 23.1 Å². The number of pyridine rings is 1. The molecule has 3 rings (SSSR count). The van der Waals surface area contributed by atoms with Gasteiger partial charge in [-0.2, -0.15) is 0 Å². The maximum Gasteiger partial charge on any atom is 0.266 e. The van der Waals surface area contributed by atoms with Crippen molar-refractivity contribution in [1.29, 1.82) is 0 Å². The van der Waals surface area contributed by atoms with E-state index in [1.807, 2.05) is 56.6 Å². The molecule has 2 heterocycles. The van der Waals surface area contributed by atoms with Crippen LogP contribution in [0.4, 0.5) is 0 Å². The molecule has 2 aromatic heterocycles. The third-order valence-electron chi connectivity index (χ3n) is 3.91. The number of hydrogen-bond donors (Lipinski definition) is 0. The molecule has 0 aliphatic heterocycles. The van der Waals surface area contributed by atoms with Crippen molar-refractivity contribution >= 4 is 11.8 Å². The Morgan fingerprint density at radius 1 is 0.966 bits per heavy atom. The Kier molecular flexibility index (Phi) is 8.33. The first-order valence-electron chi connectivity index (χ1n) is 9.52. The minimum atomic E-state index is 0.417. The first kappa shape index (κ1) is 21.1. The number of ether oxygens (including phenoxy) is 2. The summed E-state index contributed by atoms with van der Waals surface area (Å²) in [5, 5.41) is 8.18. The maximum atomic E-state index is 5.71. The van der Waals surface area contributed by atoms with Gasteiger partial charge in [0.2, 0.25) is 5.89 Å². The molecule has 0 saturated heterocycles. The van der Waals surface area contributed by atoms with Gasteiger partial charge in [0, 0.05) is 12.3 Å². The van der Waals surface area contributed by atoms with Gasteiger partial charge in [0.05, 0.1) is 25.2 Å². The average Bonchev–Trinajstić information content (AvgIpc) is 3.21. The molecular formula is C21H26N4O3S. The van der Waals surface area contributed by atoms with Gasteiger partial charge in [-0.05, 0) is 44.8 Å². The zero-order valence-electron chi connectivity index (χ0n) is 16.8. The van der Waals surface area contributed by atoms with Gasteiger partial charge in [-0.15, -0.1) is 22.0 Å². The van der Waals surface area contributed by atoms with Crippen LogP contribution in [0.5, 0.6) is 11.5 Å². The lowest BCUT2D eigenvalue weighted by molar-refractivity contribution is 0.281. The van der Waals surface area contributed by atoms with Crippen molar-refractivity contribution in [3.63, 3.8) is 0 Å². The lowest BCUT2D eigenvalue weighted by Crippen LogP contribution is -2.15. The molecule has 0 aliphatic carbocycles. The maximum absolute atomic E-state index is 5.71. The predicted molar refractivity (Wildman–Crippen MR) is 114 cm³/mol. The van der Waals surface area contributed by atoms with Crippen LogP contribution in [0.1, 0.15) is 12.3 Å². The van der Waals surface area contributed by atoms with E-state index in [1.54, 1.807) is 18.0 Å². The van der Waals surface area contributed by atoms with Crippen LogP contribution in [0.15, 0.2) is 53.1 Å². The van der Waals surface area contributed by atoms with E-state index in [2.05, 4.69) is 20.1 Å². The Hall–Kier alpha value is -2.58. The first-order chi connectivity index (χ1) is 14.2. The van der Waals surface area contributed by atoms with E-state index in [1.165, 1.54) is 0 Å². The molecule has 0 atom stereocenters. The number of aromatic nitrogens is 3. The van der Waals surface area contributed by atoms with Gasteiger partial charge in [0.25, 0.3) is 5.89 Å². The number of para-hydroxylation sites is 1. The molecule has 0 aliphatic rings. The van der Waals surface area contributed by atoms with Gasteiger partial charge in [0.15, 0.2) is 0 Å². The summed E-state index contributed by atoms with van der Waals surface area (Å²) >= 11 is 1.68. The van der Waals surface area contributed by atoms with Gasteiger partial charge in [-0.25, -0.2) is 4.98 Å². The van der Waals surface area contributed by atoms with E-state index >= 15 is 0 Å². The minimum absolute atomic E-state index is 0.417. The van der Waals surface area contributed by atoms with Crippen molar-refractivity contribution in [2.75, 3.05) is 39.6 Å². The quantitative estimate of drug-likeness (QED) is 0.415. The van der Waals surface area contributed by atoms with E-state index in [0.29, 0.717) is 36.4 Å².